The average Bonchev–Trinajstić information content (AvgIpc) is 3.25. The predicted octanol–water partition coefficient (Wildman–Crippen LogP) is 3.31. The highest BCUT2D eigenvalue weighted by Crippen LogP contribution is 2.51. The molecule has 2 aromatic rings. The summed E-state index contributed by atoms with van der Waals surface area (Å²) in [5.41, 5.74) is 2.00. The van der Waals surface area contributed by atoms with Gasteiger partial charge < -0.3 is 14.7 Å². The van der Waals surface area contributed by atoms with Crippen molar-refractivity contribution < 1.29 is 9.32 Å². The molecule has 1 N–H and O–H groups in total. The molecule has 6 nitrogen and oxygen atoms in total. The monoisotopic (exact) mass is 328 g/mol. The topological polar surface area (TPSA) is 71.3 Å². The third-order valence-electron chi connectivity index (χ3n) is 4.98. The molecular formula is C18H24N4O2. The number of rotatable bonds is 6. The van der Waals surface area contributed by atoms with Crippen LogP contribution in [0, 0.1) is 11.3 Å². The summed E-state index contributed by atoms with van der Waals surface area (Å²) in [6.45, 7) is 5.57. The highest BCUT2D eigenvalue weighted by Gasteiger charge is 2.45. The quantitative estimate of drug-likeness (QED) is 0.883. The Balaban J connectivity index is 1.54. The fraction of sp³-hybridized carbons (Fsp3) is 0.500. The van der Waals surface area contributed by atoms with Crippen LogP contribution in [-0.2, 0) is 6.54 Å². The average molecular weight is 328 g/mol. The van der Waals surface area contributed by atoms with E-state index in [0.717, 1.165) is 17.8 Å². The van der Waals surface area contributed by atoms with Gasteiger partial charge in [0.05, 0.1) is 6.54 Å². The van der Waals surface area contributed by atoms with E-state index in [-0.39, 0.29) is 6.03 Å². The van der Waals surface area contributed by atoms with Crippen LogP contribution in [-0.4, -0.2) is 34.7 Å². The second kappa shape index (κ2) is 6.63. The number of carbonyl (C=O) groups excluding carboxylic acids is 1. The highest BCUT2D eigenvalue weighted by molar-refractivity contribution is 5.74. The van der Waals surface area contributed by atoms with E-state index < -0.39 is 0 Å². The maximum atomic E-state index is 12.3. The van der Waals surface area contributed by atoms with Crippen LogP contribution in [0.1, 0.15) is 32.4 Å². The minimum Gasteiger partial charge on any atom is -0.359 e. The smallest absolute Gasteiger partial charge is 0.317 e. The van der Waals surface area contributed by atoms with E-state index in [4.69, 9.17) is 4.52 Å². The Hall–Kier alpha value is -2.37. The van der Waals surface area contributed by atoms with Crippen LogP contribution < -0.4 is 5.32 Å². The summed E-state index contributed by atoms with van der Waals surface area (Å²) in [5, 5.41) is 7.10. The molecule has 128 valence electrons. The van der Waals surface area contributed by atoms with E-state index >= 15 is 0 Å². The van der Waals surface area contributed by atoms with Gasteiger partial charge in [0.1, 0.15) is 5.69 Å². The van der Waals surface area contributed by atoms with E-state index in [1.54, 1.807) is 24.3 Å². The minimum atomic E-state index is -0.0798. The normalized spacial score (nSPS) is 15.3. The zero-order valence-electron chi connectivity index (χ0n) is 14.5. The molecule has 0 aromatic carbocycles. The minimum absolute atomic E-state index is 0.0798. The Labute approximate surface area is 142 Å². The van der Waals surface area contributed by atoms with Crippen molar-refractivity contribution in [1.29, 1.82) is 0 Å². The Morgan fingerprint density at radius 1 is 1.38 bits per heavy atom. The van der Waals surface area contributed by atoms with Crippen molar-refractivity contribution >= 4 is 6.03 Å². The van der Waals surface area contributed by atoms with Crippen molar-refractivity contribution in [2.24, 2.45) is 11.3 Å². The van der Waals surface area contributed by atoms with Gasteiger partial charge in [0.25, 0.3) is 0 Å². The lowest BCUT2D eigenvalue weighted by Crippen LogP contribution is -2.40. The fourth-order valence-corrected chi connectivity index (χ4v) is 2.86. The maximum Gasteiger partial charge on any atom is 0.317 e. The molecule has 1 saturated carbocycles. The van der Waals surface area contributed by atoms with Crippen LogP contribution in [0.25, 0.3) is 11.3 Å². The van der Waals surface area contributed by atoms with Gasteiger partial charge in [-0.3, -0.25) is 4.98 Å². The number of hydrogen-bond donors (Lipinski definition) is 1. The van der Waals surface area contributed by atoms with Crippen molar-refractivity contribution in [3.8, 4) is 11.3 Å². The molecule has 1 aliphatic rings. The van der Waals surface area contributed by atoms with E-state index in [2.05, 4.69) is 29.3 Å². The van der Waals surface area contributed by atoms with Gasteiger partial charge in [-0.25, -0.2) is 4.79 Å². The predicted molar refractivity (Wildman–Crippen MR) is 91.1 cm³/mol. The third kappa shape index (κ3) is 3.58. The van der Waals surface area contributed by atoms with E-state index in [1.165, 1.54) is 12.8 Å². The standard InChI is InChI=1S/C18H24N4O2/c1-13(2)18(6-7-18)12-20-17(23)22(3)11-15-10-16(21-24-15)14-4-8-19-9-5-14/h4-5,8-10,13H,6-7,11-12H2,1-3H3,(H,20,23). The third-order valence-corrected chi connectivity index (χ3v) is 4.98. The Morgan fingerprint density at radius 3 is 2.71 bits per heavy atom. The van der Waals surface area contributed by atoms with Crippen LogP contribution in [0.5, 0.6) is 0 Å². The summed E-state index contributed by atoms with van der Waals surface area (Å²) in [7, 11) is 1.76. The summed E-state index contributed by atoms with van der Waals surface area (Å²) in [6.07, 6.45) is 5.83. The lowest BCUT2D eigenvalue weighted by molar-refractivity contribution is 0.195. The summed E-state index contributed by atoms with van der Waals surface area (Å²) < 4.78 is 5.34. The molecule has 0 unspecified atom stereocenters. The van der Waals surface area contributed by atoms with Crippen molar-refractivity contribution in [2.75, 3.05) is 13.6 Å². The van der Waals surface area contributed by atoms with Gasteiger partial charge >= 0.3 is 6.03 Å². The van der Waals surface area contributed by atoms with E-state index in [1.807, 2.05) is 18.2 Å². The molecule has 2 aromatic heterocycles. The molecule has 0 radical (unpaired) electrons. The number of amides is 2. The van der Waals surface area contributed by atoms with Gasteiger partial charge in [0, 0.05) is 37.6 Å². The molecule has 24 heavy (non-hydrogen) atoms. The number of aromatic nitrogens is 2. The summed E-state index contributed by atoms with van der Waals surface area (Å²) >= 11 is 0. The molecular weight excluding hydrogens is 304 g/mol. The zero-order chi connectivity index (χ0) is 17.2. The van der Waals surface area contributed by atoms with Crippen molar-refractivity contribution in [2.45, 2.75) is 33.2 Å². The molecule has 0 bridgehead atoms. The molecule has 0 atom stereocenters. The van der Waals surface area contributed by atoms with Gasteiger partial charge in [0.2, 0.25) is 0 Å². The van der Waals surface area contributed by atoms with Crippen LogP contribution in [0.2, 0.25) is 0 Å². The van der Waals surface area contributed by atoms with Crippen molar-refractivity contribution in [3.05, 3.63) is 36.4 Å². The van der Waals surface area contributed by atoms with E-state index in [9.17, 15) is 4.79 Å². The van der Waals surface area contributed by atoms with Crippen LogP contribution in [0.3, 0.4) is 0 Å². The number of nitrogens with one attached hydrogen (secondary N) is 1. The van der Waals surface area contributed by atoms with Gasteiger partial charge in [-0.15, -0.1) is 0 Å². The molecule has 2 amide bonds. The molecule has 1 aliphatic carbocycles. The van der Waals surface area contributed by atoms with Gasteiger partial charge in [-0.2, -0.15) is 0 Å². The summed E-state index contributed by atoms with van der Waals surface area (Å²) in [4.78, 5) is 17.9. The molecule has 0 aliphatic heterocycles. The highest BCUT2D eigenvalue weighted by atomic mass is 16.5. The number of urea groups is 1. The maximum absolute atomic E-state index is 12.3. The van der Waals surface area contributed by atoms with Crippen LogP contribution in [0.4, 0.5) is 4.79 Å². The Bertz CT molecular complexity index is 692. The molecule has 1 fully saturated rings. The fourth-order valence-electron chi connectivity index (χ4n) is 2.86. The van der Waals surface area contributed by atoms with Gasteiger partial charge in [0.15, 0.2) is 5.76 Å². The first kappa shape index (κ1) is 16.5. The van der Waals surface area contributed by atoms with E-state index in [0.29, 0.717) is 23.6 Å². The first-order valence-electron chi connectivity index (χ1n) is 8.35. The number of carbonyl (C=O) groups is 1. The number of pyridine rings is 1. The number of hydrogen-bond acceptors (Lipinski definition) is 4. The second-order valence-corrected chi connectivity index (χ2v) is 6.95. The summed E-state index contributed by atoms with van der Waals surface area (Å²) in [5.74, 6) is 1.25. The SMILES string of the molecule is CC(C)C1(CNC(=O)N(C)Cc2cc(-c3ccncc3)no2)CC1. The number of nitrogens with zero attached hydrogens (tertiary/aromatic N) is 3. The molecule has 6 heteroatoms. The summed E-state index contributed by atoms with van der Waals surface area (Å²) in [6, 6.07) is 5.53. The van der Waals surface area contributed by atoms with Crippen LogP contribution in [0.15, 0.2) is 35.1 Å². The molecule has 0 spiro atoms. The van der Waals surface area contributed by atoms with Crippen molar-refractivity contribution in [3.63, 3.8) is 0 Å². The molecule has 2 heterocycles. The second-order valence-electron chi connectivity index (χ2n) is 6.95. The Morgan fingerprint density at radius 2 is 2.08 bits per heavy atom. The van der Waals surface area contributed by atoms with Gasteiger partial charge in [-0.1, -0.05) is 19.0 Å². The lowest BCUT2D eigenvalue weighted by Gasteiger charge is -2.22. The molecule has 0 saturated heterocycles. The molecule has 3 rings (SSSR count). The van der Waals surface area contributed by atoms with Crippen molar-refractivity contribution in [1.82, 2.24) is 20.4 Å². The largest absolute Gasteiger partial charge is 0.359 e. The zero-order valence-corrected chi connectivity index (χ0v) is 14.5. The first-order chi connectivity index (χ1) is 11.5. The van der Waals surface area contributed by atoms with Crippen LogP contribution >= 0.6 is 0 Å². The lowest BCUT2D eigenvalue weighted by atomic mass is 9.92. The first-order valence-corrected chi connectivity index (χ1v) is 8.35. The Kier molecular flexibility index (Phi) is 4.55. The van der Waals surface area contributed by atoms with Gasteiger partial charge in [-0.05, 0) is 36.3 Å².